The largest absolute Gasteiger partial charge is 0.459 e. The lowest BCUT2D eigenvalue weighted by Crippen LogP contribution is -2.37. The molecule has 1 aliphatic rings. The van der Waals surface area contributed by atoms with Crippen molar-refractivity contribution >= 4 is 35.0 Å². The number of aryl methyl sites for hydroxylation is 1. The number of benzene rings is 1. The highest BCUT2D eigenvalue weighted by Gasteiger charge is 2.37. The Morgan fingerprint density at radius 2 is 1.91 bits per heavy atom. The highest BCUT2D eigenvalue weighted by atomic mass is 32.2. The van der Waals surface area contributed by atoms with E-state index in [2.05, 4.69) is 0 Å². The van der Waals surface area contributed by atoms with Crippen LogP contribution in [0.1, 0.15) is 31.9 Å². The maximum atomic E-state index is 12.3. The molecule has 2 rings (SSSR count). The fraction of sp³-hybridized carbons (Fsp3) is 0.353. The minimum absolute atomic E-state index is 0.313. The topological polar surface area (TPSA) is 63.7 Å². The highest BCUT2D eigenvalue weighted by Crippen LogP contribution is 2.32. The van der Waals surface area contributed by atoms with E-state index in [9.17, 15) is 14.4 Å². The summed E-state index contributed by atoms with van der Waals surface area (Å²) >= 11 is 0.836. The molecule has 1 aromatic rings. The lowest BCUT2D eigenvalue weighted by molar-refractivity contribution is -0.156. The molecule has 0 spiro atoms. The molecule has 0 saturated carbocycles. The average molecular weight is 333 g/mol. The van der Waals surface area contributed by atoms with Gasteiger partial charge in [0.15, 0.2) is 0 Å². The summed E-state index contributed by atoms with van der Waals surface area (Å²) in [5, 5.41) is -0.458. The molecular weight excluding hydrogens is 314 g/mol. The van der Waals surface area contributed by atoms with Crippen molar-refractivity contribution < 1.29 is 19.1 Å². The molecule has 0 aliphatic carbocycles. The number of thioether (sulfide) groups is 1. The number of carbonyl (C=O) groups is 3. The number of nitrogens with zero attached hydrogens (tertiary/aromatic N) is 1. The lowest BCUT2D eigenvalue weighted by atomic mass is 10.1. The summed E-state index contributed by atoms with van der Waals surface area (Å²) in [5.74, 6) is -1.06. The molecule has 2 amide bonds. The molecule has 5 nitrogen and oxygen atoms in total. The van der Waals surface area contributed by atoms with Gasteiger partial charge < -0.3 is 4.74 Å². The molecule has 1 aliphatic heterocycles. The van der Waals surface area contributed by atoms with Crippen molar-refractivity contribution in [3.05, 3.63) is 40.3 Å². The second-order valence-electron chi connectivity index (χ2n) is 6.21. The molecule has 1 fully saturated rings. The summed E-state index contributed by atoms with van der Waals surface area (Å²) in [6, 6.07) is 7.57. The van der Waals surface area contributed by atoms with Crippen LogP contribution in [0.15, 0.2) is 29.2 Å². The van der Waals surface area contributed by atoms with E-state index >= 15 is 0 Å². The van der Waals surface area contributed by atoms with Crippen LogP contribution in [0.2, 0.25) is 0 Å². The first-order valence-electron chi connectivity index (χ1n) is 7.20. The number of carbonyl (C=O) groups excluding carboxylic acids is 3. The van der Waals surface area contributed by atoms with Crippen LogP contribution in [-0.4, -0.2) is 34.2 Å². The fourth-order valence-electron chi connectivity index (χ4n) is 2.03. The van der Waals surface area contributed by atoms with Gasteiger partial charge in [-0.2, -0.15) is 0 Å². The second kappa shape index (κ2) is 6.58. The first-order chi connectivity index (χ1) is 10.7. The highest BCUT2D eigenvalue weighted by molar-refractivity contribution is 8.18. The molecule has 1 saturated heterocycles. The Bertz CT molecular complexity index is 688. The quantitative estimate of drug-likeness (QED) is 0.627. The van der Waals surface area contributed by atoms with Gasteiger partial charge in [0.25, 0.3) is 11.1 Å². The van der Waals surface area contributed by atoms with Crippen LogP contribution in [0, 0.1) is 6.92 Å². The molecule has 0 atom stereocenters. The van der Waals surface area contributed by atoms with Crippen LogP contribution < -0.4 is 0 Å². The summed E-state index contributed by atoms with van der Waals surface area (Å²) in [4.78, 5) is 37.4. The van der Waals surface area contributed by atoms with Gasteiger partial charge in [-0.3, -0.25) is 19.3 Å². The molecule has 6 heteroatoms. The number of ether oxygens (including phenoxy) is 1. The van der Waals surface area contributed by atoms with Gasteiger partial charge in [0.2, 0.25) is 0 Å². The molecular formula is C17H19NO4S. The smallest absolute Gasteiger partial charge is 0.326 e. The van der Waals surface area contributed by atoms with Crippen LogP contribution >= 0.6 is 11.8 Å². The minimum atomic E-state index is -0.657. The van der Waals surface area contributed by atoms with Gasteiger partial charge in [0.1, 0.15) is 12.1 Å². The maximum Gasteiger partial charge on any atom is 0.326 e. The summed E-state index contributed by atoms with van der Waals surface area (Å²) < 4.78 is 5.16. The fourth-order valence-corrected chi connectivity index (χ4v) is 2.86. The second-order valence-corrected chi connectivity index (χ2v) is 7.20. The van der Waals surface area contributed by atoms with Crippen molar-refractivity contribution in [2.45, 2.75) is 33.3 Å². The predicted molar refractivity (Wildman–Crippen MR) is 89.7 cm³/mol. The first-order valence-corrected chi connectivity index (χ1v) is 8.02. The van der Waals surface area contributed by atoms with Gasteiger partial charge in [-0.1, -0.05) is 24.3 Å². The number of hydrogen-bond acceptors (Lipinski definition) is 5. The van der Waals surface area contributed by atoms with E-state index in [1.807, 2.05) is 31.2 Å². The standard InChI is InChI=1S/C17H19NO4S/c1-11-7-5-6-8-12(11)9-13-15(20)18(16(21)23-13)10-14(19)22-17(2,3)4/h5-9H,10H2,1-4H3. The van der Waals surface area contributed by atoms with Gasteiger partial charge in [-0.05, 0) is 56.7 Å². The zero-order valence-corrected chi connectivity index (χ0v) is 14.4. The molecule has 1 aromatic carbocycles. The van der Waals surface area contributed by atoms with Crippen LogP contribution in [0.25, 0.3) is 6.08 Å². The van der Waals surface area contributed by atoms with Gasteiger partial charge in [0, 0.05) is 0 Å². The third-order valence-corrected chi connectivity index (χ3v) is 3.96. The Kier molecular flexibility index (Phi) is 4.94. The Balaban J connectivity index is 2.14. The van der Waals surface area contributed by atoms with E-state index in [0.717, 1.165) is 27.8 Å². The van der Waals surface area contributed by atoms with Gasteiger partial charge in [-0.25, -0.2) is 0 Å². The maximum absolute atomic E-state index is 12.3. The normalized spacial score (nSPS) is 17.0. The molecule has 0 N–H and O–H groups in total. The first kappa shape index (κ1) is 17.3. The van der Waals surface area contributed by atoms with Crippen molar-refractivity contribution in [3.8, 4) is 0 Å². The zero-order valence-electron chi connectivity index (χ0n) is 13.6. The van der Waals surface area contributed by atoms with E-state index in [0.29, 0.717) is 4.91 Å². The van der Waals surface area contributed by atoms with Gasteiger partial charge >= 0.3 is 5.97 Å². The van der Waals surface area contributed by atoms with E-state index in [1.165, 1.54) is 0 Å². The van der Waals surface area contributed by atoms with Crippen molar-refractivity contribution in [1.29, 1.82) is 0 Å². The Morgan fingerprint density at radius 1 is 1.26 bits per heavy atom. The summed E-state index contributed by atoms with van der Waals surface area (Å²) in [6.07, 6.45) is 1.68. The van der Waals surface area contributed by atoms with Gasteiger partial charge in [0.05, 0.1) is 4.91 Å². The summed E-state index contributed by atoms with van der Waals surface area (Å²) in [5.41, 5.74) is 1.22. The third-order valence-electron chi connectivity index (χ3n) is 3.06. The summed E-state index contributed by atoms with van der Waals surface area (Å²) in [7, 11) is 0. The van der Waals surface area contributed by atoms with Crippen LogP contribution in [0.5, 0.6) is 0 Å². The third kappa shape index (κ3) is 4.45. The van der Waals surface area contributed by atoms with Crippen LogP contribution in [0.3, 0.4) is 0 Å². The molecule has 0 aromatic heterocycles. The van der Waals surface area contributed by atoms with Crippen LogP contribution in [0.4, 0.5) is 4.79 Å². The Morgan fingerprint density at radius 3 is 2.52 bits per heavy atom. The Hall–Kier alpha value is -2.08. The summed E-state index contributed by atoms with van der Waals surface area (Å²) in [6.45, 7) is 6.76. The van der Waals surface area contributed by atoms with Gasteiger partial charge in [-0.15, -0.1) is 0 Å². The number of imide groups is 1. The van der Waals surface area contributed by atoms with E-state index in [4.69, 9.17) is 4.74 Å². The molecule has 0 bridgehead atoms. The number of esters is 1. The zero-order chi connectivity index (χ0) is 17.2. The number of rotatable bonds is 3. The molecule has 0 unspecified atom stereocenters. The van der Waals surface area contributed by atoms with E-state index in [-0.39, 0.29) is 6.54 Å². The SMILES string of the molecule is Cc1ccccc1C=C1SC(=O)N(CC(=O)OC(C)(C)C)C1=O. The number of amides is 2. The minimum Gasteiger partial charge on any atom is -0.459 e. The van der Waals surface area contributed by atoms with Crippen molar-refractivity contribution in [2.24, 2.45) is 0 Å². The number of hydrogen-bond donors (Lipinski definition) is 0. The van der Waals surface area contributed by atoms with Crippen LogP contribution in [-0.2, 0) is 14.3 Å². The van der Waals surface area contributed by atoms with E-state index < -0.39 is 22.7 Å². The molecule has 0 radical (unpaired) electrons. The predicted octanol–water partition coefficient (Wildman–Crippen LogP) is 3.37. The Labute approximate surface area is 139 Å². The average Bonchev–Trinajstić information content (AvgIpc) is 2.67. The van der Waals surface area contributed by atoms with Crippen molar-refractivity contribution in [2.75, 3.05) is 6.54 Å². The molecule has 23 heavy (non-hydrogen) atoms. The monoisotopic (exact) mass is 333 g/mol. The molecule has 1 heterocycles. The van der Waals surface area contributed by atoms with E-state index in [1.54, 1.807) is 26.8 Å². The lowest BCUT2D eigenvalue weighted by Gasteiger charge is -2.21. The van der Waals surface area contributed by atoms with Crippen molar-refractivity contribution in [1.82, 2.24) is 4.90 Å². The molecule has 122 valence electrons. The van der Waals surface area contributed by atoms with Crippen molar-refractivity contribution in [3.63, 3.8) is 0 Å².